The van der Waals surface area contributed by atoms with Crippen LogP contribution in [-0.2, 0) is 11.3 Å². The van der Waals surface area contributed by atoms with Crippen molar-refractivity contribution >= 4 is 5.69 Å². The summed E-state index contributed by atoms with van der Waals surface area (Å²) < 4.78 is 5.53. The normalized spacial score (nSPS) is 15.9. The Bertz CT molecular complexity index is 400. The molecule has 3 heteroatoms. The molecule has 0 amide bonds. The molecule has 0 N–H and O–H groups in total. The first-order chi connectivity index (χ1) is 9.27. The van der Waals surface area contributed by atoms with Gasteiger partial charge in [0, 0.05) is 26.2 Å². The van der Waals surface area contributed by atoms with E-state index in [0.717, 1.165) is 13.2 Å². The van der Waals surface area contributed by atoms with Crippen LogP contribution in [0, 0.1) is 13.0 Å². The van der Waals surface area contributed by atoms with Crippen LogP contribution >= 0.6 is 0 Å². The number of benzene rings is 1. The largest absolute Gasteiger partial charge is 0.377 e. The van der Waals surface area contributed by atoms with Gasteiger partial charge in [-0.15, -0.1) is 0 Å². The van der Waals surface area contributed by atoms with Crippen molar-refractivity contribution < 1.29 is 4.74 Å². The van der Waals surface area contributed by atoms with E-state index < -0.39 is 0 Å². The van der Waals surface area contributed by atoms with Crippen LogP contribution in [0.4, 0.5) is 5.69 Å². The summed E-state index contributed by atoms with van der Waals surface area (Å²) in [6, 6.07) is 7.51. The molecule has 19 heavy (non-hydrogen) atoms. The standard InChI is InChI=1S/C16H25N2O/c1-4-18(17-11-6-7-12-17)16-10-8-9-15(14(16)3)13-19-5-2/h8,10H,4-7,11-13H2,1-3H3. The van der Waals surface area contributed by atoms with Crippen LogP contribution in [0.15, 0.2) is 12.1 Å². The van der Waals surface area contributed by atoms with Crippen molar-refractivity contribution in [3.63, 3.8) is 0 Å². The molecule has 1 aliphatic heterocycles. The highest BCUT2D eigenvalue weighted by Gasteiger charge is 2.20. The zero-order valence-electron chi connectivity index (χ0n) is 12.4. The van der Waals surface area contributed by atoms with Crippen LogP contribution < -0.4 is 5.01 Å². The average Bonchev–Trinajstić information content (AvgIpc) is 2.94. The van der Waals surface area contributed by atoms with Crippen molar-refractivity contribution in [1.29, 1.82) is 0 Å². The van der Waals surface area contributed by atoms with E-state index in [0.29, 0.717) is 6.61 Å². The van der Waals surface area contributed by atoms with E-state index in [4.69, 9.17) is 4.74 Å². The smallest absolute Gasteiger partial charge is 0.0726 e. The highest BCUT2D eigenvalue weighted by atomic mass is 16.5. The fourth-order valence-corrected chi connectivity index (χ4v) is 2.71. The van der Waals surface area contributed by atoms with Gasteiger partial charge in [-0.2, -0.15) is 0 Å². The van der Waals surface area contributed by atoms with Crippen LogP contribution in [0.1, 0.15) is 37.8 Å². The maximum absolute atomic E-state index is 5.53. The third-order valence-corrected chi connectivity index (χ3v) is 3.79. The molecule has 1 aliphatic rings. The van der Waals surface area contributed by atoms with Crippen molar-refractivity contribution in [2.75, 3.05) is 31.3 Å². The maximum atomic E-state index is 5.53. The molecule has 0 atom stereocenters. The summed E-state index contributed by atoms with van der Waals surface area (Å²) in [5.41, 5.74) is 3.78. The summed E-state index contributed by atoms with van der Waals surface area (Å²) in [4.78, 5) is 0. The van der Waals surface area contributed by atoms with E-state index in [1.807, 2.05) is 13.0 Å². The third-order valence-electron chi connectivity index (χ3n) is 3.79. The lowest BCUT2D eigenvalue weighted by molar-refractivity contribution is 0.133. The van der Waals surface area contributed by atoms with Crippen LogP contribution in [0.3, 0.4) is 0 Å². The first-order valence-corrected chi connectivity index (χ1v) is 7.38. The molecule has 1 heterocycles. The molecule has 0 bridgehead atoms. The van der Waals surface area contributed by atoms with Crippen molar-refractivity contribution in [3.8, 4) is 0 Å². The summed E-state index contributed by atoms with van der Waals surface area (Å²) in [7, 11) is 0. The van der Waals surface area contributed by atoms with Gasteiger partial charge < -0.3 is 9.75 Å². The molecule has 1 aromatic carbocycles. The van der Waals surface area contributed by atoms with Gasteiger partial charge in [-0.3, -0.25) is 0 Å². The van der Waals surface area contributed by atoms with Crippen molar-refractivity contribution in [2.24, 2.45) is 0 Å². The van der Waals surface area contributed by atoms with Gasteiger partial charge in [-0.25, -0.2) is 5.01 Å². The Morgan fingerprint density at radius 1 is 1.32 bits per heavy atom. The molecule has 0 spiro atoms. The zero-order chi connectivity index (χ0) is 13.7. The van der Waals surface area contributed by atoms with Crippen LogP contribution in [0.5, 0.6) is 0 Å². The number of anilines is 1. The van der Waals surface area contributed by atoms with Gasteiger partial charge in [-0.05, 0) is 56.9 Å². The summed E-state index contributed by atoms with van der Waals surface area (Å²) in [6.07, 6.45) is 2.61. The maximum Gasteiger partial charge on any atom is 0.0726 e. The molecule has 0 saturated carbocycles. The molecule has 0 unspecified atom stereocenters. The first-order valence-electron chi connectivity index (χ1n) is 7.38. The molecular formula is C16H25N2O. The van der Waals surface area contributed by atoms with Gasteiger partial charge in [0.1, 0.15) is 0 Å². The van der Waals surface area contributed by atoms with Gasteiger partial charge in [-0.1, -0.05) is 6.07 Å². The Balaban J connectivity index is 2.21. The number of hydrogen-bond acceptors (Lipinski definition) is 3. The van der Waals surface area contributed by atoms with E-state index >= 15 is 0 Å². The van der Waals surface area contributed by atoms with Crippen molar-refractivity contribution in [3.05, 3.63) is 29.3 Å². The van der Waals surface area contributed by atoms with E-state index in [-0.39, 0.29) is 0 Å². The molecule has 3 nitrogen and oxygen atoms in total. The quantitative estimate of drug-likeness (QED) is 0.782. The van der Waals surface area contributed by atoms with Gasteiger partial charge in [0.15, 0.2) is 0 Å². The lowest BCUT2D eigenvalue weighted by atomic mass is 10.1. The topological polar surface area (TPSA) is 15.7 Å². The Morgan fingerprint density at radius 3 is 2.68 bits per heavy atom. The first kappa shape index (κ1) is 14.4. The number of ether oxygens (including phenoxy) is 1. The Kier molecular flexibility index (Phi) is 5.23. The summed E-state index contributed by atoms with van der Waals surface area (Å²) in [6.45, 7) is 11.2. The number of hydrogen-bond donors (Lipinski definition) is 0. The second-order valence-corrected chi connectivity index (χ2v) is 4.98. The van der Waals surface area contributed by atoms with E-state index in [2.05, 4.69) is 36.0 Å². The van der Waals surface area contributed by atoms with Crippen molar-refractivity contribution in [2.45, 2.75) is 40.2 Å². The minimum Gasteiger partial charge on any atom is -0.377 e. The molecule has 1 saturated heterocycles. The molecule has 1 radical (unpaired) electrons. The summed E-state index contributed by atoms with van der Waals surface area (Å²) in [5, 5.41) is 4.87. The number of rotatable bonds is 6. The van der Waals surface area contributed by atoms with Gasteiger partial charge >= 0.3 is 0 Å². The predicted molar refractivity (Wildman–Crippen MR) is 79.2 cm³/mol. The second-order valence-electron chi connectivity index (χ2n) is 4.98. The highest BCUT2D eigenvalue weighted by Crippen LogP contribution is 2.26. The number of hydrazine groups is 1. The molecule has 0 aromatic heterocycles. The molecular weight excluding hydrogens is 236 g/mol. The molecule has 105 valence electrons. The fraction of sp³-hybridized carbons (Fsp3) is 0.625. The molecule has 2 rings (SSSR count). The Morgan fingerprint density at radius 2 is 2.05 bits per heavy atom. The van der Waals surface area contributed by atoms with E-state index in [1.165, 1.54) is 42.7 Å². The SMILES string of the molecule is CCOCc1[c]ccc(N(CC)N2CCCC2)c1C. The minimum absolute atomic E-state index is 0.660. The van der Waals surface area contributed by atoms with Crippen LogP contribution in [-0.4, -0.2) is 31.3 Å². The van der Waals surface area contributed by atoms with Crippen LogP contribution in [0.2, 0.25) is 0 Å². The lowest BCUT2D eigenvalue weighted by Crippen LogP contribution is -2.41. The average molecular weight is 261 g/mol. The van der Waals surface area contributed by atoms with E-state index in [9.17, 15) is 0 Å². The van der Waals surface area contributed by atoms with Crippen molar-refractivity contribution in [1.82, 2.24) is 5.01 Å². The summed E-state index contributed by atoms with van der Waals surface area (Å²) >= 11 is 0. The van der Waals surface area contributed by atoms with Gasteiger partial charge in [0.25, 0.3) is 0 Å². The third kappa shape index (κ3) is 3.28. The molecule has 1 aromatic rings. The highest BCUT2D eigenvalue weighted by molar-refractivity contribution is 5.55. The van der Waals surface area contributed by atoms with Gasteiger partial charge in [0.2, 0.25) is 0 Å². The second kappa shape index (κ2) is 6.92. The fourth-order valence-electron chi connectivity index (χ4n) is 2.71. The zero-order valence-corrected chi connectivity index (χ0v) is 12.4. The van der Waals surface area contributed by atoms with E-state index in [1.54, 1.807) is 0 Å². The predicted octanol–water partition coefficient (Wildman–Crippen LogP) is 3.17. The molecule has 0 aliphatic carbocycles. The summed E-state index contributed by atoms with van der Waals surface area (Å²) in [5.74, 6) is 0. The monoisotopic (exact) mass is 261 g/mol. The van der Waals surface area contributed by atoms with Gasteiger partial charge in [0.05, 0.1) is 12.3 Å². The lowest BCUT2D eigenvalue weighted by Gasteiger charge is -2.34. The number of nitrogens with zero attached hydrogens (tertiary/aromatic N) is 2. The van der Waals surface area contributed by atoms with Crippen LogP contribution in [0.25, 0.3) is 0 Å². The molecule has 1 fully saturated rings. The Hall–Kier alpha value is -1.06. The Labute approximate surface area is 117 Å². The minimum atomic E-state index is 0.660.